The van der Waals surface area contributed by atoms with Crippen LogP contribution in [0.4, 0.5) is 5.69 Å². The van der Waals surface area contributed by atoms with Crippen molar-refractivity contribution in [3.63, 3.8) is 0 Å². The van der Waals surface area contributed by atoms with E-state index in [-0.39, 0.29) is 0 Å². The van der Waals surface area contributed by atoms with Crippen LogP contribution in [0.15, 0.2) is 48.8 Å². The van der Waals surface area contributed by atoms with E-state index in [2.05, 4.69) is 69.9 Å². The Hall–Kier alpha value is -2.31. The molecule has 0 aliphatic carbocycles. The molecule has 0 atom stereocenters. The number of terminal acetylenes is 1. The molecule has 150 valence electrons. The molecule has 0 bridgehead atoms. The minimum absolute atomic E-state index is 0.808. The zero-order valence-corrected chi connectivity index (χ0v) is 17.7. The number of aryl methyl sites for hydroxylation is 1. The summed E-state index contributed by atoms with van der Waals surface area (Å²) in [6.07, 6.45) is 13.6. The van der Waals surface area contributed by atoms with Crippen LogP contribution in [0.1, 0.15) is 11.1 Å². The molecule has 0 saturated heterocycles. The molecule has 0 aliphatic rings. The summed E-state index contributed by atoms with van der Waals surface area (Å²) >= 11 is 1.51. The second-order valence-corrected chi connectivity index (χ2v) is 7.77. The van der Waals surface area contributed by atoms with E-state index in [0.29, 0.717) is 0 Å². The summed E-state index contributed by atoms with van der Waals surface area (Å²) in [6.45, 7) is 0.949. The summed E-state index contributed by atoms with van der Waals surface area (Å²) in [7, 11) is 0.504. The fourth-order valence-electron chi connectivity index (χ4n) is 2.03. The molecule has 0 amide bonds. The van der Waals surface area contributed by atoms with E-state index >= 15 is 0 Å². The van der Waals surface area contributed by atoms with Gasteiger partial charge in [-0.15, -0.1) is 6.42 Å². The van der Waals surface area contributed by atoms with Crippen molar-refractivity contribution in [3.8, 4) is 11.7 Å². The van der Waals surface area contributed by atoms with E-state index in [9.17, 15) is 13.0 Å². The number of pyridine rings is 1. The lowest BCUT2D eigenvalue weighted by molar-refractivity contribution is -0.671. The Bertz CT molecular complexity index is 887. The lowest BCUT2D eigenvalue weighted by atomic mass is 10.1. The Morgan fingerprint density at radius 1 is 1.18 bits per heavy atom. The molecule has 0 unspecified atom stereocenters. The van der Waals surface area contributed by atoms with Crippen LogP contribution in [-0.2, 0) is 21.6 Å². The molecule has 0 N–H and O–H groups in total. The number of hydrogen-bond acceptors (Lipinski definition) is 6. The van der Waals surface area contributed by atoms with Gasteiger partial charge in [-0.25, -0.2) is 13.0 Å². The van der Waals surface area contributed by atoms with Gasteiger partial charge in [-0.3, -0.25) is 4.18 Å². The highest BCUT2D eigenvalue weighted by Crippen LogP contribution is 2.16. The lowest BCUT2D eigenvalue weighted by Gasteiger charge is -2.18. The molecule has 0 saturated carbocycles. The summed E-state index contributed by atoms with van der Waals surface area (Å²) in [4.78, 5) is 2.22. The standard InChI is InChI=1S/C19H21N2S.CH4O4S/c1-4-22-16-15-21(3)19-9-7-17(8-10-19)5-6-18-11-13-20(2)14-12-18;1-5-6(2,3)4/h1,5-14H,15-16H2,2-3H3;1H3,(H,2,3,4)/q+1;/p-1. The molecule has 2 aromatic rings. The van der Waals surface area contributed by atoms with Gasteiger partial charge in [-0.2, -0.15) is 0 Å². The van der Waals surface area contributed by atoms with Crippen molar-refractivity contribution >= 4 is 40.0 Å². The van der Waals surface area contributed by atoms with E-state index < -0.39 is 10.4 Å². The SMILES string of the molecule is C#CSCCN(C)c1ccc(/C=C/c2cc[n+](C)cc2)cc1.COS(=O)(=O)[O-]. The third-order valence-corrected chi connectivity index (χ3v) is 4.58. The number of nitrogens with zero attached hydrogens (tertiary/aromatic N) is 2. The third-order valence-electron chi connectivity index (χ3n) is 3.62. The van der Waals surface area contributed by atoms with Crippen LogP contribution >= 0.6 is 11.8 Å². The van der Waals surface area contributed by atoms with Gasteiger partial charge < -0.3 is 9.45 Å². The zero-order chi connectivity index (χ0) is 21.0. The lowest BCUT2D eigenvalue weighted by Crippen LogP contribution is -2.25. The number of thioether (sulfide) groups is 1. The van der Waals surface area contributed by atoms with Crippen molar-refractivity contribution in [2.24, 2.45) is 7.05 Å². The third kappa shape index (κ3) is 10.1. The maximum Gasteiger partial charge on any atom is 0.217 e. The summed E-state index contributed by atoms with van der Waals surface area (Å²) in [5.41, 5.74) is 3.61. The van der Waals surface area contributed by atoms with Crippen LogP contribution in [0.2, 0.25) is 0 Å². The highest BCUT2D eigenvalue weighted by atomic mass is 32.3. The highest BCUT2D eigenvalue weighted by Gasteiger charge is 2.00. The molecule has 0 aliphatic heterocycles. The van der Waals surface area contributed by atoms with Gasteiger partial charge in [0.2, 0.25) is 10.4 Å². The summed E-state index contributed by atoms with van der Waals surface area (Å²) in [5, 5.41) is 2.60. The Morgan fingerprint density at radius 2 is 1.68 bits per heavy atom. The Labute approximate surface area is 171 Å². The maximum atomic E-state index is 9.22. The van der Waals surface area contributed by atoms with E-state index in [1.165, 1.54) is 28.6 Å². The van der Waals surface area contributed by atoms with Crippen molar-refractivity contribution in [2.75, 3.05) is 31.4 Å². The van der Waals surface area contributed by atoms with Gasteiger partial charge in [0.1, 0.15) is 7.05 Å². The topological polar surface area (TPSA) is 73.5 Å². The Balaban J connectivity index is 0.000000568. The number of hydrogen-bond donors (Lipinski definition) is 0. The smallest absolute Gasteiger partial charge is 0.217 e. The number of rotatable bonds is 7. The van der Waals surface area contributed by atoms with Gasteiger partial charge in [0.05, 0.1) is 7.11 Å². The molecule has 1 heterocycles. The molecular weight excluding hydrogens is 396 g/mol. The predicted molar refractivity (Wildman–Crippen MR) is 114 cm³/mol. The normalized spacial score (nSPS) is 10.8. The van der Waals surface area contributed by atoms with E-state index in [1.807, 2.05) is 24.0 Å². The minimum Gasteiger partial charge on any atom is -0.726 e. The van der Waals surface area contributed by atoms with Gasteiger partial charge in [0.15, 0.2) is 12.4 Å². The Morgan fingerprint density at radius 3 is 2.14 bits per heavy atom. The van der Waals surface area contributed by atoms with Crippen molar-refractivity contribution in [1.29, 1.82) is 0 Å². The first-order valence-corrected chi connectivity index (χ1v) is 10.6. The van der Waals surface area contributed by atoms with Gasteiger partial charge in [0.25, 0.3) is 0 Å². The molecule has 1 aromatic carbocycles. The molecule has 8 heteroatoms. The van der Waals surface area contributed by atoms with Crippen molar-refractivity contribution in [1.82, 2.24) is 0 Å². The first-order chi connectivity index (χ1) is 13.2. The molecular formula is C20H24N2O4S2. The average Bonchev–Trinajstić information content (AvgIpc) is 2.68. The van der Waals surface area contributed by atoms with Gasteiger partial charge in [-0.05, 0) is 28.5 Å². The average molecular weight is 421 g/mol. The first-order valence-electron chi connectivity index (χ1n) is 8.28. The summed E-state index contributed by atoms with van der Waals surface area (Å²) in [5.74, 6) is 0.945. The van der Waals surface area contributed by atoms with E-state index in [0.717, 1.165) is 19.4 Å². The van der Waals surface area contributed by atoms with Crippen LogP contribution in [0, 0.1) is 11.7 Å². The zero-order valence-electron chi connectivity index (χ0n) is 16.1. The predicted octanol–water partition coefficient (Wildman–Crippen LogP) is 2.53. The van der Waals surface area contributed by atoms with Gasteiger partial charge >= 0.3 is 0 Å². The summed E-state index contributed by atoms with van der Waals surface area (Å²) < 4.78 is 33.0. The fraction of sp³-hybridized carbons (Fsp3) is 0.250. The fourth-order valence-corrected chi connectivity index (χ4v) is 2.51. The Kier molecular flexibility index (Phi) is 10.3. The quantitative estimate of drug-likeness (QED) is 0.225. The largest absolute Gasteiger partial charge is 0.726 e. The van der Waals surface area contributed by atoms with Crippen molar-refractivity contribution in [3.05, 3.63) is 59.9 Å². The second-order valence-electron chi connectivity index (χ2n) is 5.68. The highest BCUT2D eigenvalue weighted by molar-refractivity contribution is 8.03. The number of aromatic nitrogens is 1. The molecule has 0 radical (unpaired) electrons. The van der Waals surface area contributed by atoms with Crippen molar-refractivity contribution < 1.29 is 21.7 Å². The van der Waals surface area contributed by atoms with Crippen LogP contribution in [0.5, 0.6) is 0 Å². The minimum atomic E-state index is -4.41. The van der Waals surface area contributed by atoms with E-state index in [4.69, 9.17) is 6.42 Å². The first kappa shape index (κ1) is 23.7. The van der Waals surface area contributed by atoms with Crippen LogP contribution in [0.25, 0.3) is 12.2 Å². The van der Waals surface area contributed by atoms with Crippen LogP contribution < -0.4 is 9.47 Å². The monoisotopic (exact) mass is 420 g/mol. The molecule has 1 aromatic heterocycles. The van der Waals surface area contributed by atoms with Crippen LogP contribution in [0.3, 0.4) is 0 Å². The van der Waals surface area contributed by atoms with Crippen molar-refractivity contribution in [2.45, 2.75) is 0 Å². The number of anilines is 1. The summed E-state index contributed by atoms with van der Waals surface area (Å²) in [6, 6.07) is 12.8. The molecule has 6 nitrogen and oxygen atoms in total. The molecule has 0 spiro atoms. The maximum absolute atomic E-state index is 9.22. The van der Waals surface area contributed by atoms with E-state index in [1.54, 1.807) is 0 Å². The molecule has 2 rings (SSSR count). The number of benzene rings is 1. The van der Waals surface area contributed by atoms with Crippen LogP contribution in [-0.4, -0.2) is 39.4 Å². The second kappa shape index (κ2) is 12.2. The van der Waals surface area contributed by atoms with Gasteiger partial charge in [0, 0.05) is 37.2 Å². The van der Waals surface area contributed by atoms with Gasteiger partial charge in [-0.1, -0.05) is 36.0 Å². The molecule has 28 heavy (non-hydrogen) atoms. The molecule has 0 fully saturated rings.